The fraction of sp³-hybridized carbons (Fsp3) is 0.424. The van der Waals surface area contributed by atoms with Gasteiger partial charge in [0, 0.05) is 39.9 Å². The maximum absolute atomic E-state index is 14.2. The Balaban J connectivity index is 1.33. The van der Waals surface area contributed by atoms with E-state index < -0.39 is 0 Å². The van der Waals surface area contributed by atoms with Gasteiger partial charge in [-0.1, -0.05) is 22.4 Å². The van der Waals surface area contributed by atoms with Gasteiger partial charge in [0.15, 0.2) is 0 Å². The maximum Gasteiger partial charge on any atom is 0.263 e. The van der Waals surface area contributed by atoms with Crippen LogP contribution in [0.5, 0.6) is 5.88 Å². The molecule has 1 aromatic carbocycles. The summed E-state index contributed by atoms with van der Waals surface area (Å²) >= 11 is 3.52. The molecule has 44 heavy (non-hydrogen) atoms. The van der Waals surface area contributed by atoms with Gasteiger partial charge >= 0.3 is 0 Å². The molecule has 0 spiro atoms. The number of carbonyl (C=O) groups is 1. The predicted molar refractivity (Wildman–Crippen MR) is 172 cm³/mol. The molecule has 1 unspecified atom stereocenters. The highest BCUT2D eigenvalue weighted by Gasteiger charge is 2.32. The first-order valence-electron chi connectivity index (χ1n) is 15.3. The van der Waals surface area contributed by atoms with Crippen LogP contribution in [0.2, 0.25) is 0 Å². The monoisotopic (exact) mass is 659 g/mol. The van der Waals surface area contributed by atoms with E-state index in [1.807, 2.05) is 58.0 Å². The van der Waals surface area contributed by atoms with E-state index in [9.17, 15) is 9.59 Å². The maximum atomic E-state index is 14.2. The van der Waals surface area contributed by atoms with E-state index in [2.05, 4.69) is 30.9 Å². The van der Waals surface area contributed by atoms with Crippen molar-refractivity contribution in [1.29, 1.82) is 0 Å². The molecule has 3 aromatic heterocycles. The second kappa shape index (κ2) is 12.6. The van der Waals surface area contributed by atoms with Crippen LogP contribution in [0.1, 0.15) is 64.8 Å². The highest BCUT2D eigenvalue weighted by atomic mass is 79.9. The van der Waals surface area contributed by atoms with Crippen molar-refractivity contribution in [3.63, 3.8) is 0 Å². The smallest absolute Gasteiger partial charge is 0.263 e. The molecule has 1 saturated heterocycles. The van der Waals surface area contributed by atoms with Crippen LogP contribution in [-0.4, -0.2) is 72.3 Å². The van der Waals surface area contributed by atoms with Gasteiger partial charge in [0.25, 0.3) is 11.5 Å². The minimum atomic E-state index is -0.185. The molecule has 1 atom stereocenters. The number of rotatable bonds is 7. The van der Waals surface area contributed by atoms with Crippen molar-refractivity contribution < 1.29 is 9.53 Å². The molecule has 4 aromatic rings. The van der Waals surface area contributed by atoms with Crippen molar-refractivity contribution in [3.8, 4) is 17.5 Å². The molecule has 10 nitrogen and oxygen atoms in total. The molecular formula is C33H38BrN7O3. The van der Waals surface area contributed by atoms with Crippen LogP contribution in [0.3, 0.4) is 0 Å². The first kappa shape index (κ1) is 30.2. The molecule has 1 amide bonds. The quantitative estimate of drug-likeness (QED) is 0.277. The molecule has 2 aliphatic heterocycles. The van der Waals surface area contributed by atoms with Crippen molar-refractivity contribution in [2.45, 2.75) is 66.0 Å². The van der Waals surface area contributed by atoms with E-state index in [1.165, 1.54) is 19.3 Å². The number of piperidine rings is 1. The third-order valence-electron chi connectivity index (χ3n) is 8.55. The first-order chi connectivity index (χ1) is 21.2. The van der Waals surface area contributed by atoms with Crippen LogP contribution < -0.4 is 10.3 Å². The first-order valence-corrected chi connectivity index (χ1v) is 16.1. The lowest BCUT2D eigenvalue weighted by atomic mass is 9.98. The number of hydrogen-bond donors (Lipinski definition) is 0. The summed E-state index contributed by atoms with van der Waals surface area (Å²) in [4.78, 5) is 41.6. The average molecular weight is 661 g/mol. The Morgan fingerprint density at radius 3 is 2.55 bits per heavy atom. The van der Waals surface area contributed by atoms with Crippen molar-refractivity contribution >= 4 is 21.8 Å². The van der Waals surface area contributed by atoms with Gasteiger partial charge in [0.05, 0.1) is 29.8 Å². The number of amides is 1. The van der Waals surface area contributed by atoms with Crippen molar-refractivity contribution in [2.75, 3.05) is 26.2 Å². The zero-order valence-corrected chi connectivity index (χ0v) is 27.3. The lowest BCUT2D eigenvalue weighted by molar-refractivity contribution is 0.0652. The lowest BCUT2D eigenvalue weighted by Gasteiger charge is -2.34. The van der Waals surface area contributed by atoms with E-state index in [0.717, 1.165) is 41.1 Å². The Hall–Kier alpha value is -3.83. The summed E-state index contributed by atoms with van der Waals surface area (Å²) in [5.74, 6) is 0.794. The molecule has 0 bridgehead atoms. The molecule has 0 saturated carbocycles. The second-order valence-electron chi connectivity index (χ2n) is 11.9. The van der Waals surface area contributed by atoms with Crippen LogP contribution >= 0.6 is 15.9 Å². The van der Waals surface area contributed by atoms with E-state index in [1.54, 1.807) is 26.4 Å². The standard InChI is InChI=1S/C33H38BrN7O3/c1-21-16-25(8-10-28(21)34)31(42)39-20-29-27(18-23(39)3)32(43)40(33(36-29)41-24(4)17-22(2)37-41)26-9-11-30(35-19-26)44-15-14-38-12-6-5-7-13-38/h8-11,16-17,19,23H,5-7,12-15,18,20H2,1-4H3. The summed E-state index contributed by atoms with van der Waals surface area (Å²) in [7, 11) is 0. The highest BCUT2D eigenvalue weighted by molar-refractivity contribution is 9.10. The number of fused-ring (bicyclic) bond motifs is 1. The van der Waals surface area contributed by atoms with Crippen LogP contribution in [0, 0.1) is 20.8 Å². The van der Waals surface area contributed by atoms with Gasteiger partial charge < -0.3 is 9.64 Å². The third kappa shape index (κ3) is 6.08. The minimum absolute atomic E-state index is 0.0857. The fourth-order valence-electron chi connectivity index (χ4n) is 6.12. The van der Waals surface area contributed by atoms with Crippen LogP contribution in [-0.2, 0) is 13.0 Å². The van der Waals surface area contributed by atoms with Crippen LogP contribution in [0.15, 0.2) is 51.9 Å². The van der Waals surface area contributed by atoms with E-state index in [4.69, 9.17) is 9.72 Å². The number of nitrogens with zero attached hydrogens (tertiary/aromatic N) is 7. The van der Waals surface area contributed by atoms with E-state index in [-0.39, 0.29) is 24.1 Å². The molecular weight excluding hydrogens is 622 g/mol. The summed E-state index contributed by atoms with van der Waals surface area (Å²) < 4.78 is 10.2. The molecule has 0 radical (unpaired) electrons. The summed E-state index contributed by atoms with van der Waals surface area (Å²) in [5, 5.41) is 4.65. The Bertz CT molecular complexity index is 1740. The second-order valence-corrected chi connectivity index (χ2v) is 12.7. The van der Waals surface area contributed by atoms with Gasteiger partial charge in [0.1, 0.15) is 6.61 Å². The number of halogens is 1. The van der Waals surface area contributed by atoms with Crippen LogP contribution in [0.25, 0.3) is 11.6 Å². The highest BCUT2D eigenvalue weighted by Crippen LogP contribution is 2.26. The molecule has 6 rings (SSSR count). The summed E-state index contributed by atoms with van der Waals surface area (Å²) in [6.07, 6.45) is 5.83. The Labute approximate surface area is 265 Å². The average Bonchev–Trinajstić information content (AvgIpc) is 3.36. The number of likely N-dealkylation sites (tertiary alicyclic amines) is 1. The van der Waals surface area contributed by atoms with E-state index in [0.29, 0.717) is 47.4 Å². The van der Waals surface area contributed by atoms with Crippen molar-refractivity contribution in [1.82, 2.24) is 34.1 Å². The fourth-order valence-corrected chi connectivity index (χ4v) is 6.37. The number of pyridine rings is 1. The van der Waals surface area contributed by atoms with Crippen LogP contribution in [0.4, 0.5) is 0 Å². The number of carbonyl (C=O) groups excluding carboxylic acids is 1. The van der Waals surface area contributed by atoms with Gasteiger partial charge in [-0.3, -0.25) is 14.5 Å². The summed E-state index contributed by atoms with van der Waals surface area (Å²) in [5.41, 5.74) is 4.83. The number of ether oxygens (including phenoxy) is 1. The lowest BCUT2D eigenvalue weighted by Crippen LogP contribution is -2.46. The van der Waals surface area contributed by atoms with E-state index >= 15 is 0 Å². The molecule has 1 fully saturated rings. The topological polar surface area (TPSA) is 98.4 Å². The summed E-state index contributed by atoms with van der Waals surface area (Å²) in [6, 6.07) is 11.0. The zero-order chi connectivity index (χ0) is 31.0. The minimum Gasteiger partial charge on any atom is -0.476 e. The van der Waals surface area contributed by atoms with Gasteiger partial charge in [0.2, 0.25) is 11.8 Å². The molecule has 0 aliphatic carbocycles. The molecule has 5 heterocycles. The predicted octanol–water partition coefficient (Wildman–Crippen LogP) is 4.95. The van der Waals surface area contributed by atoms with Crippen molar-refractivity contribution in [3.05, 3.63) is 91.2 Å². The normalized spacial score (nSPS) is 17.0. The Morgan fingerprint density at radius 2 is 1.86 bits per heavy atom. The number of benzene rings is 1. The number of aryl methyl sites for hydroxylation is 3. The third-order valence-corrected chi connectivity index (χ3v) is 9.44. The van der Waals surface area contributed by atoms with Gasteiger partial charge in [-0.05, 0) is 95.9 Å². The van der Waals surface area contributed by atoms with Crippen molar-refractivity contribution in [2.24, 2.45) is 0 Å². The van der Waals surface area contributed by atoms with Gasteiger partial charge in [-0.25, -0.2) is 19.2 Å². The molecule has 0 N–H and O–H groups in total. The Morgan fingerprint density at radius 1 is 1.07 bits per heavy atom. The largest absolute Gasteiger partial charge is 0.476 e. The summed E-state index contributed by atoms with van der Waals surface area (Å²) in [6.45, 7) is 11.7. The zero-order valence-electron chi connectivity index (χ0n) is 25.7. The number of hydrogen-bond acceptors (Lipinski definition) is 7. The molecule has 2 aliphatic rings. The Kier molecular flexibility index (Phi) is 8.68. The van der Waals surface area contributed by atoms with Gasteiger partial charge in [-0.15, -0.1) is 0 Å². The molecule has 230 valence electrons. The SMILES string of the molecule is Cc1cc(C)n(-c2nc3c(c(=O)n2-c2ccc(OCCN4CCCCC4)nc2)CC(C)N(C(=O)c2ccc(Br)c(C)c2)C3)n1. The number of aromatic nitrogens is 5. The van der Waals surface area contributed by atoms with Gasteiger partial charge in [-0.2, -0.15) is 5.10 Å². The molecule has 11 heteroatoms.